The molecule has 2 nitrogen and oxygen atoms in total. The van der Waals surface area contributed by atoms with Crippen LogP contribution < -0.4 is 4.90 Å². The van der Waals surface area contributed by atoms with Crippen molar-refractivity contribution in [2.45, 2.75) is 0 Å². The summed E-state index contributed by atoms with van der Waals surface area (Å²) in [6.07, 6.45) is 0. The van der Waals surface area contributed by atoms with Crippen molar-refractivity contribution in [1.29, 1.82) is 0 Å². The van der Waals surface area contributed by atoms with Crippen molar-refractivity contribution < 1.29 is 4.42 Å². The molecule has 0 aliphatic rings. The van der Waals surface area contributed by atoms with Crippen molar-refractivity contribution in [3.63, 3.8) is 0 Å². The number of fused-ring (bicyclic) bond motifs is 3. The van der Waals surface area contributed by atoms with Gasteiger partial charge in [0, 0.05) is 33.4 Å². The molecule has 1 heterocycles. The van der Waals surface area contributed by atoms with Crippen LogP contribution in [0.2, 0.25) is 0 Å². The Morgan fingerprint density at radius 3 is 1.32 bits per heavy atom. The van der Waals surface area contributed by atoms with Crippen molar-refractivity contribution >= 4 is 39.0 Å². The average Bonchev–Trinajstić information content (AvgIpc) is 3.59. The summed E-state index contributed by atoms with van der Waals surface area (Å²) in [5, 5.41) is 2.28. The number of benzene rings is 8. The first-order valence-corrected chi connectivity index (χ1v) is 17.0. The highest BCUT2D eigenvalue weighted by Crippen LogP contribution is 2.40. The molecule has 0 saturated carbocycles. The Morgan fingerprint density at radius 2 is 0.740 bits per heavy atom. The molecule has 0 aliphatic heterocycles. The Bertz CT molecular complexity index is 2490. The third-order valence-corrected chi connectivity index (χ3v) is 9.46. The van der Waals surface area contributed by atoms with Crippen molar-refractivity contribution in [2.24, 2.45) is 0 Å². The van der Waals surface area contributed by atoms with Gasteiger partial charge in [0.05, 0.1) is 0 Å². The fourth-order valence-electron chi connectivity index (χ4n) is 6.98. The number of para-hydroxylation sites is 3. The zero-order chi connectivity index (χ0) is 33.3. The molecule has 8 aromatic carbocycles. The van der Waals surface area contributed by atoms with E-state index in [9.17, 15) is 0 Å². The maximum absolute atomic E-state index is 6.36. The molecule has 0 saturated heterocycles. The van der Waals surface area contributed by atoms with E-state index in [4.69, 9.17) is 4.42 Å². The van der Waals surface area contributed by atoms with Crippen LogP contribution in [0.1, 0.15) is 0 Å². The molecule has 0 N–H and O–H groups in total. The lowest BCUT2D eigenvalue weighted by atomic mass is 9.93. The standard InChI is InChI=1S/C48H33NO/c1-4-13-34(14-5-1)38-31-39(35-15-6-2-7-16-35)33-40(32-38)36-23-27-42(28-24-36)49(41-17-8-3-9-18-41)43-29-25-37(26-30-43)44-20-12-21-46-45-19-10-11-22-47(45)50-48(44)46/h1-33H. The lowest BCUT2D eigenvalue weighted by molar-refractivity contribution is 0.670. The van der Waals surface area contributed by atoms with Gasteiger partial charge in [-0.2, -0.15) is 0 Å². The van der Waals surface area contributed by atoms with Crippen LogP contribution in [0.5, 0.6) is 0 Å². The first kappa shape index (κ1) is 29.5. The first-order valence-electron chi connectivity index (χ1n) is 17.0. The average molecular weight is 640 g/mol. The van der Waals surface area contributed by atoms with E-state index in [0.29, 0.717) is 0 Å². The van der Waals surface area contributed by atoms with E-state index in [1.54, 1.807) is 0 Å². The smallest absolute Gasteiger partial charge is 0.143 e. The molecule has 0 bridgehead atoms. The van der Waals surface area contributed by atoms with Crippen LogP contribution >= 0.6 is 0 Å². The van der Waals surface area contributed by atoms with Crippen LogP contribution in [0.25, 0.3) is 66.4 Å². The Hall–Kier alpha value is -6.64. The van der Waals surface area contributed by atoms with Crippen LogP contribution in [0.15, 0.2) is 205 Å². The van der Waals surface area contributed by atoms with Crippen molar-refractivity contribution in [1.82, 2.24) is 0 Å². The number of anilines is 3. The quantitative estimate of drug-likeness (QED) is 0.173. The molecule has 0 radical (unpaired) electrons. The summed E-state index contributed by atoms with van der Waals surface area (Å²) >= 11 is 0. The van der Waals surface area contributed by atoms with Gasteiger partial charge in [0.25, 0.3) is 0 Å². The second-order valence-corrected chi connectivity index (χ2v) is 12.6. The summed E-state index contributed by atoms with van der Waals surface area (Å²) < 4.78 is 6.36. The third kappa shape index (κ3) is 5.53. The van der Waals surface area contributed by atoms with Crippen molar-refractivity contribution in [3.8, 4) is 44.5 Å². The molecule has 236 valence electrons. The number of rotatable bonds is 7. The second-order valence-electron chi connectivity index (χ2n) is 12.6. The molecular weight excluding hydrogens is 607 g/mol. The minimum atomic E-state index is 0.911. The number of furan rings is 1. The SMILES string of the molecule is c1ccc(-c2cc(-c3ccccc3)cc(-c3ccc(N(c4ccccc4)c4ccc(-c5cccc6c5oc5ccccc56)cc4)cc3)c2)cc1. The maximum Gasteiger partial charge on any atom is 0.143 e. The van der Waals surface area contributed by atoms with E-state index in [-0.39, 0.29) is 0 Å². The third-order valence-electron chi connectivity index (χ3n) is 9.46. The van der Waals surface area contributed by atoms with Gasteiger partial charge in [0.15, 0.2) is 0 Å². The zero-order valence-electron chi connectivity index (χ0n) is 27.4. The van der Waals surface area contributed by atoms with E-state index in [1.165, 1.54) is 33.4 Å². The van der Waals surface area contributed by atoms with Crippen LogP contribution in [0.3, 0.4) is 0 Å². The van der Waals surface area contributed by atoms with E-state index in [1.807, 2.05) is 12.1 Å². The van der Waals surface area contributed by atoms with E-state index in [2.05, 4.69) is 193 Å². The van der Waals surface area contributed by atoms with E-state index < -0.39 is 0 Å². The minimum absolute atomic E-state index is 0.911. The maximum atomic E-state index is 6.36. The molecule has 0 amide bonds. The van der Waals surface area contributed by atoms with Crippen molar-refractivity contribution in [2.75, 3.05) is 4.90 Å². The fraction of sp³-hybridized carbons (Fsp3) is 0. The largest absolute Gasteiger partial charge is 0.455 e. The molecule has 0 spiro atoms. The van der Waals surface area contributed by atoms with Crippen molar-refractivity contribution in [3.05, 3.63) is 200 Å². The second kappa shape index (κ2) is 12.8. The summed E-state index contributed by atoms with van der Waals surface area (Å²) in [6.45, 7) is 0. The van der Waals surface area contributed by atoms with Gasteiger partial charge in [-0.25, -0.2) is 0 Å². The van der Waals surface area contributed by atoms with Crippen LogP contribution in [-0.4, -0.2) is 0 Å². The molecule has 1 aromatic heterocycles. The predicted octanol–water partition coefficient (Wildman–Crippen LogP) is 13.7. The van der Waals surface area contributed by atoms with Gasteiger partial charge >= 0.3 is 0 Å². The number of hydrogen-bond acceptors (Lipinski definition) is 2. The highest BCUT2D eigenvalue weighted by Gasteiger charge is 2.16. The Labute approximate surface area is 292 Å². The molecule has 9 rings (SSSR count). The summed E-state index contributed by atoms with van der Waals surface area (Å²) in [6, 6.07) is 71.1. The Kier molecular flexibility index (Phi) is 7.53. The predicted molar refractivity (Wildman–Crippen MR) is 210 cm³/mol. The summed E-state index contributed by atoms with van der Waals surface area (Å²) in [5.41, 5.74) is 14.5. The summed E-state index contributed by atoms with van der Waals surface area (Å²) in [4.78, 5) is 2.31. The van der Waals surface area contributed by atoms with Crippen LogP contribution in [0, 0.1) is 0 Å². The van der Waals surface area contributed by atoms with Gasteiger partial charge in [-0.15, -0.1) is 0 Å². The topological polar surface area (TPSA) is 16.4 Å². The molecule has 2 heteroatoms. The van der Waals surface area contributed by atoms with E-state index in [0.717, 1.165) is 50.1 Å². The highest BCUT2D eigenvalue weighted by atomic mass is 16.3. The first-order chi connectivity index (χ1) is 24.8. The minimum Gasteiger partial charge on any atom is -0.455 e. The van der Waals surface area contributed by atoms with Crippen LogP contribution in [-0.2, 0) is 0 Å². The van der Waals surface area contributed by atoms with Gasteiger partial charge in [-0.05, 0) is 99.6 Å². The molecule has 0 atom stereocenters. The van der Waals surface area contributed by atoms with Gasteiger partial charge in [-0.3, -0.25) is 0 Å². The number of hydrogen-bond donors (Lipinski definition) is 0. The lowest BCUT2D eigenvalue weighted by Crippen LogP contribution is -2.09. The Morgan fingerprint density at radius 1 is 0.300 bits per heavy atom. The van der Waals surface area contributed by atoms with Crippen LogP contribution in [0.4, 0.5) is 17.1 Å². The molecule has 50 heavy (non-hydrogen) atoms. The van der Waals surface area contributed by atoms with Gasteiger partial charge in [-0.1, -0.05) is 140 Å². The molecule has 0 unspecified atom stereocenters. The van der Waals surface area contributed by atoms with Gasteiger partial charge in [0.1, 0.15) is 11.2 Å². The summed E-state index contributed by atoms with van der Waals surface area (Å²) in [7, 11) is 0. The highest BCUT2D eigenvalue weighted by molar-refractivity contribution is 6.09. The normalized spacial score (nSPS) is 11.2. The Balaban J connectivity index is 1.09. The van der Waals surface area contributed by atoms with E-state index >= 15 is 0 Å². The zero-order valence-corrected chi connectivity index (χ0v) is 27.4. The monoisotopic (exact) mass is 639 g/mol. The summed E-state index contributed by atoms with van der Waals surface area (Å²) in [5.74, 6) is 0. The molecular formula is C48H33NO. The van der Waals surface area contributed by atoms with Gasteiger partial charge in [0.2, 0.25) is 0 Å². The lowest BCUT2D eigenvalue weighted by Gasteiger charge is -2.26. The van der Waals surface area contributed by atoms with Gasteiger partial charge < -0.3 is 9.32 Å². The fourth-order valence-corrected chi connectivity index (χ4v) is 6.98. The molecule has 9 aromatic rings. The molecule has 0 fully saturated rings. The number of nitrogens with zero attached hydrogens (tertiary/aromatic N) is 1. The molecule has 0 aliphatic carbocycles.